The van der Waals surface area contributed by atoms with E-state index in [1.54, 1.807) is 18.5 Å². The van der Waals surface area contributed by atoms with E-state index in [1.807, 2.05) is 13.8 Å². The lowest BCUT2D eigenvalue weighted by Crippen LogP contribution is -2.02. The predicted molar refractivity (Wildman–Crippen MR) is 92.2 cm³/mol. The molecule has 0 N–H and O–H groups in total. The second-order valence-corrected chi connectivity index (χ2v) is 5.41. The van der Waals surface area contributed by atoms with Crippen molar-refractivity contribution in [3.05, 3.63) is 52.3 Å². The van der Waals surface area contributed by atoms with Crippen molar-refractivity contribution in [1.29, 1.82) is 0 Å². The Labute approximate surface area is 142 Å². The van der Waals surface area contributed by atoms with Gasteiger partial charge in [0.25, 0.3) is 5.69 Å². The molecular formula is C16H15N3O4S. The van der Waals surface area contributed by atoms with Gasteiger partial charge in [-0.05, 0) is 12.1 Å². The van der Waals surface area contributed by atoms with Gasteiger partial charge in [-0.2, -0.15) is 0 Å². The Hall–Kier alpha value is -2.87. The molecule has 0 atom stereocenters. The zero-order valence-corrected chi connectivity index (χ0v) is 14.2. The van der Waals surface area contributed by atoms with Crippen LogP contribution in [0.15, 0.2) is 36.7 Å². The molecule has 2 aromatic heterocycles. The molecule has 0 aliphatic rings. The first-order valence-corrected chi connectivity index (χ1v) is 7.99. The number of aromatic nitrogens is 2. The maximum Gasteiger partial charge on any atom is 0.338 e. The Bertz CT molecular complexity index is 859. The van der Waals surface area contributed by atoms with Crippen LogP contribution in [-0.2, 0) is 4.74 Å². The minimum atomic E-state index is -0.632. The number of thiazole rings is 1. The molecule has 8 heteroatoms. The van der Waals surface area contributed by atoms with E-state index < -0.39 is 10.9 Å². The number of rotatable bonds is 3. The number of carbonyl (C=O) groups is 1. The molecule has 0 unspecified atom stereocenters. The van der Waals surface area contributed by atoms with Crippen LogP contribution in [0.1, 0.15) is 24.2 Å². The Morgan fingerprint density at radius 2 is 2.04 bits per heavy atom. The first-order chi connectivity index (χ1) is 11.6. The Balaban J connectivity index is 0.00000100. The quantitative estimate of drug-likeness (QED) is 0.403. The first-order valence-electron chi connectivity index (χ1n) is 7.17. The molecule has 1 aromatic carbocycles. The molecule has 2 heterocycles. The van der Waals surface area contributed by atoms with E-state index in [1.165, 1.54) is 36.6 Å². The Kier molecular flexibility index (Phi) is 5.54. The lowest BCUT2D eigenvalue weighted by Gasteiger charge is -2.02. The number of hydrogen-bond donors (Lipinski definition) is 0. The zero-order valence-electron chi connectivity index (χ0n) is 13.3. The van der Waals surface area contributed by atoms with Gasteiger partial charge in [0.2, 0.25) is 0 Å². The van der Waals surface area contributed by atoms with Crippen molar-refractivity contribution in [2.24, 2.45) is 0 Å². The van der Waals surface area contributed by atoms with Crippen LogP contribution in [0.5, 0.6) is 0 Å². The van der Waals surface area contributed by atoms with Crippen molar-refractivity contribution in [2.45, 2.75) is 13.8 Å². The molecule has 3 rings (SSSR count). The van der Waals surface area contributed by atoms with Crippen LogP contribution >= 0.6 is 11.3 Å². The highest BCUT2D eigenvalue weighted by atomic mass is 32.1. The molecule has 0 spiro atoms. The maximum absolute atomic E-state index is 11.7. The van der Waals surface area contributed by atoms with Crippen LogP contribution in [0, 0.1) is 10.1 Å². The lowest BCUT2D eigenvalue weighted by molar-refractivity contribution is -0.384. The Morgan fingerprint density at radius 1 is 1.29 bits per heavy atom. The number of nitro benzene ring substituents is 1. The number of nitrogens with zero attached hydrogens (tertiary/aromatic N) is 3. The summed E-state index contributed by atoms with van der Waals surface area (Å²) < 4.78 is 5.50. The number of nitro groups is 1. The third-order valence-electron chi connectivity index (χ3n) is 2.99. The van der Waals surface area contributed by atoms with E-state index in [4.69, 9.17) is 0 Å². The number of hydrogen-bond acceptors (Lipinski definition) is 7. The van der Waals surface area contributed by atoms with Crippen LogP contribution in [0.4, 0.5) is 5.69 Å². The fourth-order valence-corrected chi connectivity index (χ4v) is 2.90. The molecule has 7 nitrogen and oxygen atoms in total. The topological polar surface area (TPSA) is 95.2 Å². The van der Waals surface area contributed by atoms with Crippen LogP contribution < -0.4 is 0 Å². The molecule has 24 heavy (non-hydrogen) atoms. The van der Waals surface area contributed by atoms with Gasteiger partial charge in [0.05, 0.1) is 27.8 Å². The zero-order chi connectivity index (χ0) is 17.7. The van der Waals surface area contributed by atoms with Gasteiger partial charge >= 0.3 is 5.97 Å². The number of esters is 1. The number of benzene rings is 1. The summed E-state index contributed by atoms with van der Waals surface area (Å²) in [6, 6.07) is 5.86. The van der Waals surface area contributed by atoms with Gasteiger partial charge in [0.1, 0.15) is 5.01 Å². The van der Waals surface area contributed by atoms with Crippen molar-refractivity contribution >= 4 is 33.2 Å². The highest BCUT2D eigenvalue weighted by Crippen LogP contribution is 2.32. The van der Waals surface area contributed by atoms with Gasteiger partial charge in [-0.3, -0.25) is 15.1 Å². The number of ether oxygens (including phenoxy) is 1. The van der Waals surface area contributed by atoms with E-state index in [-0.39, 0.29) is 11.3 Å². The summed E-state index contributed by atoms with van der Waals surface area (Å²) in [5.74, 6) is -0.632. The summed E-state index contributed by atoms with van der Waals surface area (Å²) in [6.07, 6.45) is 3.30. The monoisotopic (exact) mass is 345 g/mol. The van der Waals surface area contributed by atoms with Gasteiger partial charge in [0, 0.05) is 30.1 Å². The fourth-order valence-electron chi connectivity index (χ4n) is 1.98. The molecule has 0 fully saturated rings. The Morgan fingerprint density at radius 3 is 2.67 bits per heavy atom. The molecule has 0 bridgehead atoms. The van der Waals surface area contributed by atoms with Crippen molar-refractivity contribution in [3.63, 3.8) is 0 Å². The average molecular weight is 345 g/mol. The van der Waals surface area contributed by atoms with Crippen LogP contribution in [0.25, 0.3) is 20.8 Å². The summed E-state index contributed by atoms with van der Waals surface area (Å²) >= 11 is 1.35. The molecular weight excluding hydrogens is 330 g/mol. The first kappa shape index (κ1) is 17.5. The smallest absolute Gasteiger partial charge is 0.338 e. The summed E-state index contributed by atoms with van der Waals surface area (Å²) in [7, 11) is 1.23. The molecule has 0 aliphatic carbocycles. The second-order valence-electron chi connectivity index (χ2n) is 4.38. The van der Waals surface area contributed by atoms with Gasteiger partial charge in [0.15, 0.2) is 0 Å². The van der Waals surface area contributed by atoms with E-state index in [2.05, 4.69) is 14.7 Å². The molecule has 0 saturated heterocycles. The van der Waals surface area contributed by atoms with E-state index in [0.29, 0.717) is 10.6 Å². The third-order valence-corrected chi connectivity index (χ3v) is 4.04. The van der Waals surface area contributed by atoms with Gasteiger partial charge in [-0.1, -0.05) is 13.8 Å². The van der Waals surface area contributed by atoms with Crippen molar-refractivity contribution < 1.29 is 14.5 Å². The van der Waals surface area contributed by atoms with Crippen LogP contribution in [0.2, 0.25) is 0 Å². The highest BCUT2D eigenvalue weighted by Gasteiger charge is 2.17. The number of methoxy groups -OCH3 is 1. The SMILES string of the molecule is CC.COC(=O)c1cc(-c2nc3ccncc3s2)cc([N+](=O)[O-])c1. The third kappa shape index (κ3) is 3.54. The standard InChI is InChI=1S/C14H9N3O4S.C2H6/c1-21-14(18)9-4-8(5-10(6-9)17(19)20)13-16-11-2-3-15-7-12(11)22-13;1-2/h2-7H,1H3;1-2H3. The van der Waals surface area contributed by atoms with E-state index in [9.17, 15) is 14.9 Å². The number of carbonyl (C=O) groups excluding carboxylic acids is 1. The van der Waals surface area contributed by atoms with Crippen molar-refractivity contribution in [1.82, 2.24) is 9.97 Å². The van der Waals surface area contributed by atoms with Crippen molar-refractivity contribution in [3.8, 4) is 10.6 Å². The molecule has 0 amide bonds. The second kappa shape index (κ2) is 7.60. The number of pyridine rings is 1. The number of fused-ring (bicyclic) bond motifs is 1. The normalized spacial score (nSPS) is 9.96. The van der Waals surface area contributed by atoms with Crippen LogP contribution in [-0.4, -0.2) is 28.0 Å². The maximum atomic E-state index is 11.7. The molecule has 3 aromatic rings. The van der Waals surface area contributed by atoms with Crippen LogP contribution in [0.3, 0.4) is 0 Å². The van der Waals surface area contributed by atoms with Gasteiger partial charge < -0.3 is 4.74 Å². The van der Waals surface area contributed by atoms with E-state index >= 15 is 0 Å². The molecule has 124 valence electrons. The minimum Gasteiger partial charge on any atom is -0.465 e. The largest absolute Gasteiger partial charge is 0.465 e. The minimum absolute atomic E-state index is 0.115. The molecule has 0 saturated carbocycles. The molecule has 0 radical (unpaired) electrons. The predicted octanol–water partition coefficient (Wildman–Crippen LogP) is 4.08. The summed E-state index contributed by atoms with van der Waals surface area (Å²) in [5.41, 5.74) is 1.18. The lowest BCUT2D eigenvalue weighted by atomic mass is 10.1. The fraction of sp³-hybridized carbons (Fsp3) is 0.188. The summed E-state index contributed by atoms with van der Waals surface area (Å²) in [6.45, 7) is 4.00. The van der Waals surface area contributed by atoms with Gasteiger partial charge in [-0.25, -0.2) is 9.78 Å². The summed E-state index contributed by atoms with van der Waals surface area (Å²) in [5, 5.41) is 11.6. The van der Waals surface area contributed by atoms with Gasteiger partial charge in [-0.15, -0.1) is 11.3 Å². The number of non-ortho nitro benzene ring substituents is 1. The highest BCUT2D eigenvalue weighted by molar-refractivity contribution is 7.21. The van der Waals surface area contributed by atoms with E-state index in [0.717, 1.165) is 10.2 Å². The molecule has 0 aliphatic heterocycles. The average Bonchev–Trinajstić information content (AvgIpc) is 3.06. The summed E-state index contributed by atoms with van der Waals surface area (Å²) in [4.78, 5) is 30.6. The van der Waals surface area contributed by atoms with Crippen molar-refractivity contribution in [2.75, 3.05) is 7.11 Å².